The number of hydrogen-bond acceptors (Lipinski definition) is 4. The average Bonchev–Trinajstić information content (AvgIpc) is 2.61. The van der Waals surface area contributed by atoms with Gasteiger partial charge in [-0.05, 0) is 49.4 Å². The summed E-state index contributed by atoms with van der Waals surface area (Å²) in [5.74, 6) is -3.12. The molecule has 0 aliphatic carbocycles. The van der Waals surface area contributed by atoms with Gasteiger partial charge in [-0.2, -0.15) is 0 Å². The number of nitrogens with one attached hydrogen (secondary N) is 2. The van der Waals surface area contributed by atoms with Gasteiger partial charge in [-0.1, -0.05) is 6.07 Å². The number of carbonyl (C=O) groups is 3. The third kappa shape index (κ3) is 5.66. The highest BCUT2D eigenvalue weighted by Crippen LogP contribution is 2.09. The number of ether oxygens (including phenoxy) is 1. The quantitative estimate of drug-likeness (QED) is 0.772. The number of benzene rings is 2. The van der Waals surface area contributed by atoms with Gasteiger partial charge in [-0.25, -0.2) is 8.78 Å². The predicted molar refractivity (Wildman–Crippen MR) is 89.3 cm³/mol. The van der Waals surface area contributed by atoms with Gasteiger partial charge < -0.3 is 15.4 Å². The van der Waals surface area contributed by atoms with E-state index in [-0.39, 0.29) is 5.56 Å². The molecule has 0 heterocycles. The fraction of sp³-hybridized carbons (Fsp3) is 0.167. The van der Waals surface area contributed by atoms with Crippen LogP contribution >= 0.6 is 0 Å². The topological polar surface area (TPSA) is 84.5 Å². The van der Waals surface area contributed by atoms with Gasteiger partial charge in [0.05, 0.1) is 0 Å². The second-order valence-electron chi connectivity index (χ2n) is 5.32. The van der Waals surface area contributed by atoms with Gasteiger partial charge in [-0.15, -0.1) is 0 Å². The molecule has 1 atom stereocenters. The molecule has 26 heavy (non-hydrogen) atoms. The first-order chi connectivity index (χ1) is 12.3. The Hall–Kier alpha value is -3.29. The van der Waals surface area contributed by atoms with E-state index in [1.165, 1.54) is 49.4 Å². The van der Waals surface area contributed by atoms with E-state index in [9.17, 15) is 23.2 Å². The molecule has 0 radical (unpaired) electrons. The van der Waals surface area contributed by atoms with Crippen molar-refractivity contribution in [3.63, 3.8) is 0 Å². The smallest absolute Gasteiger partial charge is 0.326 e. The molecule has 0 spiro atoms. The van der Waals surface area contributed by atoms with E-state index in [2.05, 4.69) is 10.6 Å². The summed E-state index contributed by atoms with van der Waals surface area (Å²) in [6, 6.07) is 10.0. The first kappa shape index (κ1) is 19.0. The predicted octanol–water partition coefficient (Wildman–Crippen LogP) is 2.26. The number of amides is 2. The lowest BCUT2D eigenvalue weighted by molar-refractivity contribution is -0.152. The SMILES string of the molecule is C[C@H](OC(=O)CNC(=O)c1cccc(F)c1)C(=O)Nc1ccc(F)cc1. The maximum Gasteiger partial charge on any atom is 0.326 e. The van der Waals surface area contributed by atoms with E-state index in [1.807, 2.05) is 0 Å². The van der Waals surface area contributed by atoms with Crippen LogP contribution in [-0.4, -0.2) is 30.4 Å². The summed E-state index contributed by atoms with van der Waals surface area (Å²) in [5.41, 5.74) is 0.401. The maximum absolute atomic E-state index is 13.1. The second-order valence-corrected chi connectivity index (χ2v) is 5.32. The summed E-state index contributed by atoms with van der Waals surface area (Å²) in [7, 11) is 0. The van der Waals surface area contributed by atoms with E-state index in [1.54, 1.807) is 0 Å². The molecule has 0 saturated heterocycles. The van der Waals surface area contributed by atoms with Crippen LogP contribution in [0.5, 0.6) is 0 Å². The van der Waals surface area contributed by atoms with Crippen molar-refractivity contribution in [1.82, 2.24) is 5.32 Å². The number of carbonyl (C=O) groups excluding carboxylic acids is 3. The van der Waals surface area contributed by atoms with Crippen LogP contribution in [0.3, 0.4) is 0 Å². The highest BCUT2D eigenvalue weighted by Gasteiger charge is 2.18. The van der Waals surface area contributed by atoms with Crippen LogP contribution in [0.25, 0.3) is 0 Å². The standard InChI is InChI=1S/C18H16F2N2O4/c1-11(17(24)22-15-7-5-13(19)6-8-15)26-16(23)10-21-18(25)12-3-2-4-14(20)9-12/h2-9,11H,10H2,1H3,(H,21,25)(H,22,24)/t11-/m0/s1. The Bertz CT molecular complexity index is 809. The van der Waals surface area contributed by atoms with Crippen molar-refractivity contribution in [1.29, 1.82) is 0 Å². The van der Waals surface area contributed by atoms with Crippen LogP contribution in [0.15, 0.2) is 48.5 Å². The Morgan fingerprint density at radius 1 is 1.04 bits per heavy atom. The summed E-state index contributed by atoms with van der Waals surface area (Å²) in [6.07, 6.45) is -1.13. The number of esters is 1. The second kappa shape index (κ2) is 8.70. The molecule has 2 aromatic carbocycles. The van der Waals surface area contributed by atoms with Crippen molar-refractivity contribution in [2.75, 3.05) is 11.9 Å². The highest BCUT2D eigenvalue weighted by molar-refractivity contribution is 5.97. The molecule has 0 aliphatic heterocycles. The summed E-state index contributed by atoms with van der Waals surface area (Å²) in [4.78, 5) is 35.4. The fourth-order valence-electron chi connectivity index (χ4n) is 1.95. The summed E-state index contributed by atoms with van der Waals surface area (Å²) in [5, 5.41) is 4.73. The zero-order chi connectivity index (χ0) is 19.1. The lowest BCUT2D eigenvalue weighted by Gasteiger charge is -2.14. The average molecular weight is 362 g/mol. The van der Waals surface area contributed by atoms with Crippen LogP contribution < -0.4 is 10.6 Å². The molecule has 8 heteroatoms. The Balaban J connectivity index is 1.80. The number of anilines is 1. The van der Waals surface area contributed by atoms with E-state index < -0.39 is 42.1 Å². The summed E-state index contributed by atoms with van der Waals surface area (Å²) < 4.78 is 30.8. The van der Waals surface area contributed by atoms with Crippen LogP contribution in [0.2, 0.25) is 0 Å². The van der Waals surface area contributed by atoms with E-state index >= 15 is 0 Å². The molecule has 0 fully saturated rings. The van der Waals surface area contributed by atoms with Crippen LogP contribution in [0.4, 0.5) is 14.5 Å². The lowest BCUT2D eigenvalue weighted by Crippen LogP contribution is -2.35. The highest BCUT2D eigenvalue weighted by atomic mass is 19.1. The summed E-state index contributed by atoms with van der Waals surface area (Å²) in [6.45, 7) is 0.870. The van der Waals surface area contributed by atoms with Gasteiger partial charge in [0, 0.05) is 11.3 Å². The van der Waals surface area contributed by atoms with Crippen molar-refractivity contribution in [3.8, 4) is 0 Å². The van der Waals surface area contributed by atoms with Gasteiger partial charge in [0.2, 0.25) is 0 Å². The van der Waals surface area contributed by atoms with Crippen molar-refractivity contribution in [2.24, 2.45) is 0 Å². The number of halogens is 2. The molecule has 2 aromatic rings. The largest absolute Gasteiger partial charge is 0.451 e. The number of rotatable bonds is 6. The van der Waals surface area contributed by atoms with Gasteiger partial charge in [-0.3, -0.25) is 14.4 Å². The molecule has 0 bridgehead atoms. The minimum atomic E-state index is -1.13. The van der Waals surface area contributed by atoms with Crippen molar-refractivity contribution in [2.45, 2.75) is 13.0 Å². The van der Waals surface area contributed by atoms with E-state index in [4.69, 9.17) is 4.74 Å². The van der Waals surface area contributed by atoms with Gasteiger partial charge >= 0.3 is 5.97 Å². The monoisotopic (exact) mass is 362 g/mol. The minimum absolute atomic E-state index is 0.0555. The van der Waals surface area contributed by atoms with E-state index in [0.717, 1.165) is 6.07 Å². The molecule has 2 amide bonds. The zero-order valence-corrected chi connectivity index (χ0v) is 13.8. The summed E-state index contributed by atoms with van der Waals surface area (Å²) >= 11 is 0. The van der Waals surface area contributed by atoms with Crippen LogP contribution in [0, 0.1) is 11.6 Å². The molecule has 2 rings (SSSR count). The minimum Gasteiger partial charge on any atom is -0.451 e. The third-order valence-electron chi connectivity index (χ3n) is 3.27. The van der Waals surface area contributed by atoms with Crippen LogP contribution in [-0.2, 0) is 14.3 Å². The third-order valence-corrected chi connectivity index (χ3v) is 3.27. The number of hydrogen-bond donors (Lipinski definition) is 2. The fourth-order valence-corrected chi connectivity index (χ4v) is 1.95. The maximum atomic E-state index is 13.1. The molecule has 136 valence electrons. The Morgan fingerprint density at radius 2 is 1.73 bits per heavy atom. The molecular weight excluding hydrogens is 346 g/mol. The normalized spacial score (nSPS) is 11.3. The Kier molecular flexibility index (Phi) is 6.37. The zero-order valence-electron chi connectivity index (χ0n) is 13.8. The van der Waals surface area contributed by atoms with Gasteiger partial charge in [0.25, 0.3) is 11.8 Å². The molecule has 0 saturated carbocycles. The molecule has 6 nitrogen and oxygen atoms in total. The van der Waals surface area contributed by atoms with Crippen molar-refractivity contribution in [3.05, 3.63) is 65.7 Å². The Labute approximate surface area is 148 Å². The molecule has 0 unspecified atom stereocenters. The van der Waals surface area contributed by atoms with Crippen molar-refractivity contribution >= 4 is 23.5 Å². The van der Waals surface area contributed by atoms with E-state index in [0.29, 0.717) is 5.69 Å². The molecular formula is C18H16F2N2O4. The van der Waals surface area contributed by atoms with Crippen molar-refractivity contribution < 1.29 is 27.9 Å². The lowest BCUT2D eigenvalue weighted by atomic mass is 10.2. The molecule has 2 N–H and O–H groups in total. The molecule has 0 aromatic heterocycles. The Morgan fingerprint density at radius 3 is 2.38 bits per heavy atom. The van der Waals surface area contributed by atoms with Gasteiger partial charge in [0.15, 0.2) is 6.10 Å². The first-order valence-corrected chi connectivity index (χ1v) is 7.65. The van der Waals surface area contributed by atoms with Gasteiger partial charge in [0.1, 0.15) is 18.2 Å². The first-order valence-electron chi connectivity index (χ1n) is 7.65. The van der Waals surface area contributed by atoms with Crippen LogP contribution in [0.1, 0.15) is 17.3 Å². The molecule has 0 aliphatic rings.